The SMILES string of the molecule is CC(=O)c1ccc(-n2nnnc2SCC(=O)c2ccc3c(c2)OCCO3)cc1. The predicted molar refractivity (Wildman–Crippen MR) is 102 cm³/mol. The van der Waals surface area contributed by atoms with Gasteiger partial charge in [0.1, 0.15) is 13.2 Å². The summed E-state index contributed by atoms with van der Waals surface area (Å²) < 4.78 is 12.5. The van der Waals surface area contributed by atoms with Gasteiger partial charge < -0.3 is 9.47 Å². The lowest BCUT2D eigenvalue weighted by Crippen LogP contribution is -2.16. The van der Waals surface area contributed by atoms with Crippen molar-refractivity contribution in [1.29, 1.82) is 0 Å². The number of Topliss-reactive ketones (excluding diaryl/α,β-unsaturated/α-hetero) is 2. The third kappa shape index (κ3) is 3.74. The van der Waals surface area contributed by atoms with Crippen molar-refractivity contribution in [1.82, 2.24) is 20.2 Å². The van der Waals surface area contributed by atoms with Gasteiger partial charge in [0.25, 0.3) is 0 Å². The molecule has 0 aliphatic carbocycles. The summed E-state index contributed by atoms with van der Waals surface area (Å²) in [5.74, 6) is 1.32. The van der Waals surface area contributed by atoms with E-state index in [9.17, 15) is 9.59 Å². The molecular formula is C19H16N4O4S. The molecule has 3 aromatic rings. The Hall–Kier alpha value is -3.20. The van der Waals surface area contributed by atoms with E-state index in [1.54, 1.807) is 42.5 Å². The van der Waals surface area contributed by atoms with Crippen LogP contribution in [0.2, 0.25) is 0 Å². The first kappa shape index (κ1) is 18.2. The molecular weight excluding hydrogens is 380 g/mol. The first-order valence-electron chi connectivity index (χ1n) is 8.57. The number of carbonyl (C=O) groups is 2. The van der Waals surface area contributed by atoms with Gasteiger partial charge in [-0.05, 0) is 59.8 Å². The van der Waals surface area contributed by atoms with Gasteiger partial charge in [-0.15, -0.1) is 5.10 Å². The van der Waals surface area contributed by atoms with Gasteiger partial charge in [0, 0.05) is 11.1 Å². The second-order valence-corrected chi connectivity index (χ2v) is 6.99. The fourth-order valence-electron chi connectivity index (χ4n) is 2.70. The predicted octanol–water partition coefficient (Wildman–Crippen LogP) is 2.61. The van der Waals surface area contributed by atoms with E-state index in [1.807, 2.05) is 0 Å². The molecule has 2 heterocycles. The number of fused-ring (bicyclic) bond motifs is 1. The monoisotopic (exact) mass is 396 g/mol. The fourth-order valence-corrected chi connectivity index (χ4v) is 3.48. The average Bonchev–Trinajstić information content (AvgIpc) is 3.20. The van der Waals surface area contributed by atoms with Crippen molar-refractivity contribution in [2.45, 2.75) is 12.1 Å². The lowest BCUT2D eigenvalue weighted by molar-refractivity contribution is 0.101. The van der Waals surface area contributed by atoms with Gasteiger partial charge in [-0.1, -0.05) is 11.8 Å². The Morgan fingerprint density at radius 2 is 1.75 bits per heavy atom. The standard InChI is InChI=1S/C19H16N4O4S/c1-12(24)13-2-5-15(6-3-13)23-19(20-21-22-23)28-11-16(25)14-4-7-17-18(10-14)27-9-8-26-17/h2-7,10H,8-9,11H2,1H3. The number of nitrogens with zero attached hydrogens (tertiary/aromatic N) is 4. The Morgan fingerprint density at radius 3 is 2.50 bits per heavy atom. The molecule has 1 aromatic heterocycles. The number of rotatable bonds is 6. The van der Waals surface area contributed by atoms with Crippen LogP contribution in [0, 0.1) is 0 Å². The number of hydrogen-bond acceptors (Lipinski definition) is 8. The first-order chi connectivity index (χ1) is 13.6. The van der Waals surface area contributed by atoms with Gasteiger partial charge in [-0.25, -0.2) is 0 Å². The molecule has 0 radical (unpaired) electrons. The molecule has 0 bridgehead atoms. The number of aromatic nitrogens is 4. The number of benzene rings is 2. The minimum atomic E-state index is -0.0662. The molecule has 0 amide bonds. The van der Waals surface area contributed by atoms with Crippen molar-refractivity contribution in [3.05, 3.63) is 53.6 Å². The number of ether oxygens (including phenoxy) is 2. The third-order valence-electron chi connectivity index (χ3n) is 4.16. The van der Waals surface area contributed by atoms with Crippen LogP contribution in [0.15, 0.2) is 47.6 Å². The molecule has 0 spiro atoms. The van der Waals surface area contributed by atoms with E-state index >= 15 is 0 Å². The van der Waals surface area contributed by atoms with E-state index < -0.39 is 0 Å². The van der Waals surface area contributed by atoms with Crippen LogP contribution in [0.25, 0.3) is 5.69 Å². The molecule has 9 heteroatoms. The van der Waals surface area contributed by atoms with Crippen LogP contribution in [0.1, 0.15) is 27.6 Å². The second kappa shape index (κ2) is 7.81. The average molecular weight is 396 g/mol. The molecule has 0 unspecified atom stereocenters. The number of thioether (sulfide) groups is 1. The Labute approximate surface area is 164 Å². The summed E-state index contributed by atoms with van der Waals surface area (Å²) in [5.41, 5.74) is 1.87. The minimum Gasteiger partial charge on any atom is -0.486 e. The molecule has 142 valence electrons. The van der Waals surface area contributed by atoms with Gasteiger partial charge in [0.2, 0.25) is 5.16 Å². The summed E-state index contributed by atoms with van der Waals surface area (Å²) in [7, 11) is 0. The summed E-state index contributed by atoms with van der Waals surface area (Å²) in [6.07, 6.45) is 0. The number of ketones is 2. The largest absolute Gasteiger partial charge is 0.486 e. The zero-order valence-electron chi connectivity index (χ0n) is 15.0. The van der Waals surface area contributed by atoms with E-state index in [0.29, 0.717) is 46.7 Å². The van der Waals surface area contributed by atoms with Crippen molar-refractivity contribution in [2.24, 2.45) is 0 Å². The van der Waals surface area contributed by atoms with Crippen LogP contribution < -0.4 is 9.47 Å². The van der Waals surface area contributed by atoms with Crippen LogP contribution in [0.4, 0.5) is 0 Å². The van der Waals surface area contributed by atoms with Crippen LogP contribution in [0.3, 0.4) is 0 Å². The number of tetrazole rings is 1. The zero-order valence-corrected chi connectivity index (χ0v) is 15.8. The molecule has 8 nitrogen and oxygen atoms in total. The Morgan fingerprint density at radius 1 is 1.04 bits per heavy atom. The maximum Gasteiger partial charge on any atom is 0.214 e. The lowest BCUT2D eigenvalue weighted by Gasteiger charge is -2.18. The molecule has 0 fully saturated rings. The maximum atomic E-state index is 12.6. The molecule has 1 aliphatic heterocycles. The van der Waals surface area contributed by atoms with Crippen LogP contribution in [-0.2, 0) is 0 Å². The van der Waals surface area contributed by atoms with E-state index in [4.69, 9.17) is 9.47 Å². The highest BCUT2D eigenvalue weighted by Gasteiger charge is 2.17. The van der Waals surface area contributed by atoms with Gasteiger partial charge in [0.05, 0.1) is 11.4 Å². The van der Waals surface area contributed by atoms with Crippen LogP contribution in [-0.4, -0.2) is 50.7 Å². The van der Waals surface area contributed by atoms with Crippen molar-refractivity contribution >= 4 is 23.3 Å². The molecule has 4 rings (SSSR count). The maximum absolute atomic E-state index is 12.6. The molecule has 1 aliphatic rings. The molecule has 0 saturated heterocycles. The number of carbonyl (C=O) groups excluding carboxylic acids is 2. The molecule has 0 N–H and O–H groups in total. The zero-order chi connectivity index (χ0) is 19.5. The van der Waals surface area contributed by atoms with Gasteiger partial charge in [0.15, 0.2) is 23.1 Å². The van der Waals surface area contributed by atoms with Crippen molar-refractivity contribution in [3.8, 4) is 17.2 Å². The first-order valence-corrected chi connectivity index (χ1v) is 9.56. The quantitative estimate of drug-likeness (QED) is 0.463. The van der Waals surface area contributed by atoms with Crippen molar-refractivity contribution < 1.29 is 19.1 Å². The summed E-state index contributed by atoms with van der Waals surface area (Å²) in [6.45, 7) is 2.49. The second-order valence-electron chi connectivity index (χ2n) is 6.05. The smallest absolute Gasteiger partial charge is 0.214 e. The highest BCUT2D eigenvalue weighted by atomic mass is 32.2. The summed E-state index contributed by atoms with van der Waals surface area (Å²) in [5, 5.41) is 12.1. The fraction of sp³-hybridized carbons (Fsp3) is 0.211. The van der Waals surface area contributed by atoms with Crippen molar-refractivity contribution in [2.75, 3.05) is 19.0 Å². The van der Waals surface area contributed by atoms with Gasteiger partial charge in [-0.3, -0.25) is 9.59 Å². The van der Waals surface area contributed by atoms with Crippen LogP contribution in [0.5, 0.6) is 11.5 Å². The topological polar surface area (TPSA) is 96.2 Å². The summed E-state index contributed by atoms with van der Waals surface area (Å²) in [6, 6.07) is 12.1. The van der Waals surface area contributed by atoms with E-state index in [2.05, 4.69) is 15.5 Å². The number of hydrogen-bond donors (Lipinski definition) is 0. The van der Waals surface area contributed by atoms with Gasteiger partial charge in [-0.2, -0.15) is 4.68 Å². The summed E-state index contributed by atoms with van der Waals surface area (Å²) >= 11 is 1.24. The Kier molecular flexibility index (Phi) is 5.07. The van der Waals surface area contributed by atoms with Crippen molar-refractivity contribution in [3.63, 3.8) is 0 Å². The third-order valence-corrected chi connectivity index (χ3v) is 5.08. The highest BCUT2D eigenvalue weighted by molar-refractivity contribution is 7.99. The lowest BCUT2D eigenvalue weighted by atomic mass is 10.1. The molecule has 28 heavy (non-hydrogen) atoms. The molecule has 0 atom stereocenters. The van der Waals surface area contributed by atoms with E-state index in [1.165, 1.54) is 23.4 Å². The van der Waals surface area contributed by atoms with Gasteiger partial charge >= 0.3 is 0 Å². The van der Waals surface area contributed by atoms with Crippen LogP contribution >= 0.6 is 11.8 Å². The highest BCUT2D eigenvalue weighted by Crippen LogP contribution is 2.31. The molecule has 0 saturated carbocycles. The Bertz CT molecular complexity index is 1030. The molecule has 2 aromatic carbocycles. The summed E-state index contributed by atoms with van der Waals surface area (Å²) in [4.78, 5) is 24.0. The Balaban J connectivity index is 1.46. The van der Waals surface area contributed by atoms with E-state index in [0.717, 1.165) is 0 Å². The normalized spacial score (nSPS) is 12.6. The van der Waals surface area contributed by atoms with E-state index in [-0.39, 0.29) is 17.3 Å². The minimum absolute atomic E-state index is 0.0112.